The van der Waals surface area contributed by atoms with Crippen molar-refractivity contribution in [1.29, 1.82) is 0 Å². The van der Waals surface area contributed by atoms with E-state index < -0.39 is 6.10 Å². The lowest BCUT2D eigenvalue weighted by Gasteiger charge is -2.24. The summed E-state index contributed by atoms with van der Waals surface area (Å²) in [5, 5.41) is 10.3. The second-order valence-electron chi connectivity index (χ2n) is 4.95. The number of benzene rings is 1. The number of hydrogen-bond donors (Lipinski definition) is 1. The fraction of sp³-hybridized carbons (Fsp3) is 0.625. The van der Waals surface area contributed by atoms with E-state index in [4.69, 9.17) is 4.74 Å². The molecular weight excluding hydrogens is 238 g/mol. The van der Waals surface area contributed by atoms with Gasteiger partial charge in [-0.05, 0) is 44.0 Å². The highest BCUT2D eigenvalue weighted by molar-refractivity contribution is 5.31. The molecule has 1 rings (SSSR count). The molecule has 108 valence electrons. The zero-order chi connectivity index (χ0) is 14.3. The molecule has 0 spiro atoms. The molecule has 1 aromatic carbocycles. The Morgan fingerprint density at radius 2 is 1.95 bits per heavy atom. The molecule has 3 heteroatoms. The number of aryl methyl sites for hydroxylation is 2. The van der Waals surface area contributed by atoms with Crippen LogP contribution in [0.25, 0.3) is 0 Å². The van der Waals surface area contributed by atoms with Gasteiger partial charge in [0.1, 0.15) is 0 Å². The van der Waals surface area contributed by atoms with Gasteiger partial charge >= 0.3 is 0 Å². The van der Waals surface area contributed by atoms with E-state index in [1.165, 1.54) is 11.1 Å². The molecule has 0 saturated heterocycles. The van der Waals surface area contributed by atoms with Gasteiger partial charge in [-0.15, -0.1) is 0 Å². The van der Waals surface area contributed by atoms with E-state index in [1.807, 2.05) is 13.0 Å². The van der Waals surface area contributed by atoms with Gasteiger partial charge in [-0.25, -0.2) is 0 Å². The van der Waals surface area contributed by atoms with E-state index in [-0.39, 0.29) is 0 Å². The number of aliphatic hydroxyl groups excluding tert-OH is 1. The normalized spacial score (nSPS) is 12.9. The van der Waals surface area contributed by atoms with Crippen LogP contribution in [0.15, 0.2) is 18.2 Å². The van der Waals surface area contributed by atoms with Gasteiger partial charge in [0.2, 0.25) is 0 Å². The summed E-state index contributed by atoms with van der Waals surface area (Å²) in [7, 11) is 0. The van der Waals surface area contributed by atoms with Crippen molar-refractivity contribution < 1.29 is 9.84 Å². The highest BCUT2D eigenvalue weighted by atomic mass is 16.5. The maximum Gasteiger partial charge on any atom is 0.0917 e. The number of hydrogen-bond acceptors (Lipinski definition) is 3. The standard InChI is InChI=1S/C16H27NO2/c1-5-17(9-10-19-6-2)12-16(18)15-8-7-13(3)14(4)11-15/h7-8,11,16,18H,5-6,9-10,12H2,1-4H3. The van der Waals surface area contributed by atoms with Crippen molar-refractivity contribution in [2.24, 2.45) is 0 Å². The Morgan fingerprint density at radius 1 is 1.21 bits per heavy atom. The molecule has 1 atom stereocenters. The number of ether oxygens (including phenoxy) is 1. The third kappa shape index (κ3) is 5.31. The van der Waals surface area contributed by atoms with Crippen molar-refractivity contribution in [2.75, 3.05) is 32.8 Å². The minimum atomic E-state index is -0.430. The third-order valence-corrected chi connectivity index (χ3v) is 3.55. The Hall–Kier alpha value is -0.900. The minimum Gasteiger partial charge on any atom is -0.387 e. The van der Waals surface area contributed by atoms with Crippen LogP contribution in [-0.4, -0.2) is 42.9 Å². The lowest BCUT2D eigenvalue weighted by molar-refractivity contribution is 0.0792. The molecule has 19 heavy (non-hydrogen) atoms. The third-order valence-electron chi connectivity index (χ3n) is 3.55. The second kappa shape index (κ2) is 8.31. The Bertz CT molecular complexity index is 379. The van der Waals surface area contributed by atoms with Gasteiger partial charge in [0, 0.05) is 19.7 Å². The predicted octanol–water partition coefficient (Wildman–Crippen LogP) is 2.70. The summed E-state index contributed by atoms with van der Waals surface area (Å²) >= 11 is 0. The Morgan fingerprint density at radius 3 is 2.53 bits per heavy atom. The fourth-order valence-electron chi connectivity index (χ4n) is 2.04. The molecule has 0 fully saturated rings. The van der Waals surface area contributed by atoms with Crippen LogP contribution in [-0.2, 0) is 4.74 Å². The zero-order valence-electron chi connectivity index (χ0n) is 12.6. The molecule has 0 radical (unpaired) electrons. The van der Waals surface area contributed by atoms with Crippen LogP contribution < -0.4 is 0 Å². The molecule has 1 aromatic rings. The van der Waals surface area contributed by atoms with Crippen molar-refractivity contribution in [3.8, 4) is 0 Å². The Balaban J connectivity index is 2.55. The maximum atomic E-state index is 10.3. The summed E-state index contributed by atoms with van der Waals surface area (Å²) in [6.07, 6.45) is -0.430. The topological polar surface area (TPSA) is 32.7 Å². The predicted molar refractivity (Wildman–Crippen MR) is 79.5 cm³/mol. The summed E-state index contributed by atoms with van der Waals surface area (Å²) in [5.74, 6) is 0. The van der Waals surface area contributed by atoms with Gasteiger partial charge in [0.15, 0.2) is 0 Å². The average molecular weight is 265 g/mol. The van der Waals surface area contributed by atoms with E-state index in [2.05, 4.69) is 37.8 Å². The summed E-state index contributed by atoms with van der Waals surface area (Å²) in [6.45, 7) is 12.2. The molecule has 0 aliphatic carbocycles. The first-order chi connectivity index (χ1) is 9.08. The van der Waals surface area contributed by atoms with Crippen LogP contribution in [0.2, 0.25) is 0 Å². The first-order valence-electron chi connectivity index (χ1n) is 7.13. The van der Waals surface area contributed by atoms with E-state index in [0.29, 0.717) is 6.54 Å². The first kappa shape index (κ1) is 16.2. The van der Waals surface area contributed by atoms with Crippen LogP contribution >= 0.6 is 0 Å². The average Bonchev–Trinajstić information content (AvgIpc) is 2.40. The summed E-state index contributed by atoms with van der Waals surface area (Å²) < 4.78 is 5.36. The lowest BCUT2D eigenvalue weighted by atomic mass is 10.0. The molecule has 0 bridgehead atoms. The molecular formula is C16H27NO2. The molecule has 0 saturated carbocycles. The van der Waals surface area contributed by atoms with E-state index in [9.17, 15) is 5.11 Å². The van der Waals surface area contributed by atoms with Crippen molar-refractivity contribution in [3.05, 3.63) is 34.9 Å². The molecule has 0 aliphatic heterocycles. The van der Waals surface area contributed by atoms with E-state index in [1.54, 1.807) is 0 Å². The number of rotatable bonds is 8. The summed E-state index contributed by atoms with van der Waals surface area (Å²) in [5.41, 5.74) is 3.49. The molecule has 0 aromatic heterocycles. The van der Waals surface area contributed by atoms with Crippen LogP contribution in [0.4, 0.5) is 0 Å². The summed E-state index contributed by atoms with van der Waals surface area (Å²) in [4.78, 5) is 2.22. The summed E-state index contributed by atoms with van der Waals surface area (Å²) in [6, 6.07) is 6.17. The molecule has 0 heterocycles. The monoisotopic (exact) mass is 265 g/mol. The zero-order valence-corrected chi connectivity index (χ0v) is 12.6. The highest BCUT2D eigenvalue weighted by Gasteiger charge is 2.12. The highest BCUT2D eigenvalue weighted by Crippen LogP contribution is 2.18. The van der Waals surface area contributed by atoms with Crippen LogP contribution in [0.3, 0.4) is 0 Å². The molecule has 0 aliphatic rings. The Kier molecular flexibility index (Phi) is 7.06. The van der Waals surface area contributed by atoms with Crippen LogP contribution in [0.1, 0.15) is 36.6 Å². The number of nitrogens with zero attached hydrogens (tertiary/aromatic N) is 1. The SMILES string of the molecule is CCOCCN(CC)CC(O)c1ccc(C)c(C)c1. The minimum absolute atomic E-state index is 0.430. The number of aliphatic hydroxyl groups is 1. The van der Waals surface area contributed by atoms with E-state index in [0.717, 1.165) is 31.9 Å². The lowest BCUT2D eigenvalue weighted by Crippen LogP contribution is -2.31. The molecule has 3 nitrogen and oxygen atoms in total. The number of likely N-dealkylation sites (N-methyl/N-ethyl adjacent to an activating group) is 1. The van der Waals surface area contributed by atoms with E-state index >= 15 is 0 Å². The van der Waals surface area contributed by atoms with Crippen LogP contribution in [0, 0.1) is 13.8 Å². The van der Waals surface area contributed by atoms with Gasteiger partial charge in [-0.3, -0.25) is 4.90 Å². The fourth-order valence-corrected chi connectivity index (χ4v) is 2.04. The maximum absolute atomic E-state index is 10.3. The van der Waals surface area contributed by atoms with Crippen molar-refractivity contribution in [2.45, 2.75) is 33.8 Å². The smallest absolute Gasteiger partial charge is 0.0917 e. The molecule has 1 unspecified atom stereocenters. The van der Waals surface area contributed by atoms with Gasteiger partial charge in [-0.1, -0.05) is 25.1 Å². The quantitative estimate of drug-likeness (QED) is 0.734. The van der Waals surface area contributed by atoms with Gasteiger partial charge in [0.05, 0.1) is 12.7 Å². The molecule has 1 N–H and O–H groups in total. The van der Waals surface area contributed by atoms with Crippen molar-refractivity contribution in [3.63, 3.8) is 0 Å². The molecule has 0 amide bonds. The van der Waals surface area contributed by atoms with Gasteiger partial charge < -0.3 is 9.84 Å². The van der Waals surface area contributed by atoms with Crippen molar-refractivity contribution in [1.82, 2.24) is 4.90 Å². The Labute approximate surface area is 117 Å². The first-order valence-corrected chi connectivity index (χ1v) is 7.13. The second-order valence-corrected chi connectivity index (χ2v) is 4.95. The van der Waals surface area contributed by atoms with Gasteiger partial charge in [0.25, 0.3) is 0 Å². The van der Waals surface area contributed by atoms with Crippen molar-refractivity contribution >= 4 is 0 Å². The van der Waals surface area contributed by atoms with Gasteiger partial charge in [-0.2, -0.15) is 0 Å². The largest absolute Gasteiger partial charge is 0.387 e. The van der Waals surface area contributed by atoms with Crippen LogP contribution in [0.5, 0.6) is 0 Å².